The Kier molecular flexibility index (Phi) is 4.68. The largest absolute Gasteiger partial charge is 0.478 e. The van der Waals surface area contributed by atoms with Crippen LogP contribution >= 0.6 is 23.2 Å². The third-order valence-electron chi connectivity index (χ3n) is 3.18. The van der Waals surface area contributed by atoms with Gasteiger partial charge in [0.15, 0.2) is 0 Å². The number of rotatable bonds is 3. The molecular formula is C14H13Cl2NO3. The van der Waals surface area contributed by atoms with Crippen LogP contribution < -0.4 is 5.32 Å². The van der Waals surface area contributed by atoms with Gasteiger partial charge >= 0.3 is 5.97 Å². The summed E-state index contributed by atoms with van der Waals surface area (Å²) in [5, 5.41) is 11.8. The van der Waals surface area contributed by atoms with E-state index in [4.69, 9.17) is 28.3 Å². The summed E-state index contributed by atoms with van der Waals surface area (Å²) < 4.78 is 0. The van der Waals surface area contributed by atoms with E-state index >= 15 is 0 Å². The summed E-state index contributed by atoms with van der Waals surface area (Å²) in [4.78, 5) is 23.0. The van der Waals surface area contributed by atoms with Crippen LogP contribution in [0, 0.1) is 5.92 Å². The first-order valence-electron chi connectivity index (χ1n) is 6.17. The van der Waals surface area contributed by atoms with E-state index in [0.29, 0.717) is 6.42 Å². The monoisotopic (exact) mass is 313 g/mol. The molecule has 6 heteroatoms. The van der Waals surface area contributed by atoms with Crippen LogP contribution in [0.25, 0.3) is 0 Å². The van der Waals surface area contributed by atoms with E-state index in [1.165, 1.54) is 12.1 Å². The van der Waals surface area contributed by atoms with Crippen LogP contribution in [0.15, 0.2) is 24.3 Å². The third-order valence-corrected chi connectivity index (χ3v) is 3.77. The minimum absolute atomic E-state index is 0.0152. The molecule has 106 valence electrons. The Morgan fingerprint density at radius 1 is 1.20 bits per heavy atom. The van der Waals surface area contributed by atoms with Gasteiger partial charge in [-0.05, 0) is 31.4 Å². The summed E-state index contributed by atoms with van der Waals surface area (Å²) in [7, 11) is 0. The molecule has 1 aromatic carbocycles. The first-order valence-corrected chi connectivity index (χ1v) is 6.93. The second-order valence-electron chi connectivity index (χ2n) is 4.59. The molecule has 1 unspecified atom stereocenters. The standard InChI is InChI=1S/C14H13Cl2NO3/c15-10-6-9(14(19)20)7-11(16)12(10)17-13(18)8-4-2-1-3-5-8/h1-2,6-8H,3-5H2,(H,17,18)(H,19,20). The Morgan fingerprint density at radius 3 is 2.35 bits per heavy atom. The van der Waals surface area contributed by atoms with Crippen LogP contribution in [0.4, 0.5) is 5.69 Å². The van der Waals surface area contributed by atoms with Crippen molar-refractivity contribution < 1.29 is 14.7 Å². The lowest BCUT2D eigenvalue weighted by Gasteiger charge is -2.18. The summed E-state index contributed by atoms with van der Waals surface area (Å²) in [5.74, 6) is -1.38. The number of carbonyl (C=O) groups is 2. The minimum Gasteiger partial charge on any atom is -0.478 e. The molecule has 1 aliphatic carbocycles. The summed E-state index contributed by atoms with van der Waals surface area (Å²) in [6.07, 6.45) is 6.37. The highest BCUT2D eigenvalue weighted by atomic mass is 35.5. The van der Waals surface area contributed by atoms with Gasteiger partial charge in [0.2, 0.25) is 5.91 Å². The normalized spacial score (nSPS) is 17.8. The molecule has 4 nitrogen and oxygen atoms in total. The van der Waals surface area contributed by atoms with E-state index in [1.807, 2.05) is 12.2 Å². The first kappa shape index (κ1) is 14.9. The quantitative estimate of drug-likeness (QED) is 0.829. The maximum absolute atomic E-state index is 12.1. The Hall–Kier alpha value is -1.52. The van der Waals surface area contributed by atoms with Crippen LogP contribution in [0.2, 0.25) is 10.0 Å². The van der Waals surface area contributed by atoms with E-state index in [0.717, 1.165) is 12.8 Å². The molecule has 0 saturated carbocycles. The predicted octanol–water partition coefficient (Wildman–Crippen LogP) is 3.99. The van der Waals surface area contributed by atoms with E-state index in [9.17, 15) is 9.59 Å². The van der Waals surface area contributed by atoms with Gasteiger partial charge in [0, 0.05) is 5.92 Å². The fourth-order valence-electron chi connectivity index (χ4n) is 2.07. The molecule has 20 heavy (non-hydrogen) atoms. The molecule has 0 bridgehead atoms. The predicted molar refractivity (Wildman–Crippen MR) is 78.5 cm³/mol. The van der Waals surface area contributed by atoms with Gasteiger partial charge in [-0.1, -0.05) is 35.4 Å². The molecule has 0 aliphatic heterocycles. The van der Waals surface area contributed by atoms with Crippen molar-refractivity contribution in [2.24, 2.45) is 5.92 Å². The van der Waals surface area contributed by atoms with E-state index < -0.39 is 5.97 Å². The lowest BCUT2D eigenvalue weighted by Crippen LogP contribution is -2.23. The zero-order chi connectivity index (χ0) is 14.7. The van der Waals surface area contributed by atoms with Crippen molar-refractivity contribution in [3.8, 4) is 0 Å². The number of carboxylic acid groups (broad SMARTS) is 1. The number of carboxylic acids is 1. The average molecular weight is 314 g/mol. The number of anilines is 1. The molecule has 0 fully saturated rings. The maximum Gasteiger partial charge on any atom is 0.335 e. The van der Waals surface area contributed by atoms with Gasteiger partial charge in [-0.3, -0.25) is 4.79 Å². The summed E-state index contributed by atoms with van der Waals surface area (Å²) in [5.41, 5.74) is 0.247. The molecule has 1 aliphatic rings. The molecule has 1 atom stereocenters. The Labute approximate surface area is 126 Å². The van der Waals surface area contributed by atoms with Crippen molar-refractivity contribution in [2.45, 2.75) is 19.3 Å². The van der Waals surface area contributed by atoms with Crippen molar-refractivity contribution in [1.82, 2.24) is 0 Å². The van der Waals surface area contributed by atoms with Crippen molar-refractivity contribution in [3.63, 3.8) is 0 Å². The van der Waals surface area contributed by atoms with Crippen LogP contribution in [0.3, 0.4) is 0 Å². The Morgan fingerprint density at radius 2 is 1.85 bits per heavy atom. The molecule has 0 heterocycles. The molecule has 0 aromatic heterocycles. The van der Waals surface area contributed by atoms with Crippen LogP contribution in [-0.4, -0.2) is 17.0 Å². The first-order chi connectivity index (χ1) is 9.49. The highest BCUT2D eigenvalue weighted by Crippen LogP contribution is 2.33. The van der Waals surface area contributed by atoms with E-state index in [2.05, 4.69) is 5.32 Å². The molecule has 1 amide bonds. The second-order valence-corrected chi connectivity index (χ2v) is 5.41. The smallest absolute Gasteiger partial charge is 0.335 e. The lowest BCUT2D eigenvalue weighted by molar-refractivity contribution is -0.120. The summed E-state index contributed by atoms with van der Waals surface area (Å²) in [6, 6.07) is 2.54. The van der Waals surface area contributed by atoms with Crippen LogP contribution in [0.1, 0.15) is 29.6 Å². The number of amides is 1. The summed E-state index contributed by atoms with van der Waals surface area (Å²) >= 11 is 12.0. The molecular weight excluding hydrogens is 301 g/mol. The zero-order valence-electron chi connectivity index (χ0n) is 10.5. The average Bonchev–Trinajstić information content (AvgIpc) is 2.43. The maximum atomic E-state index is 12.1. The van der Waals surface area contributed by atoms with Crippen LogP contribution in [0.5, 0.6) is 0 Å². The van der Waals surface area contributed by atoms with Crippen molar-refractivity contribution in [2.75, 3.05) is 5.32 Å². The van der Waals surface area contributed by atoms with Gasteiger partial charge in [0.25, 0.3) is 0 Å². The molecule has 0 saturated heterocycles. The molecule has 0 spiro atoms. The molecule has 0 radical (unpaired) electrons. The fraction of sp³-hybridized carbons (Fsp3) is 0.286. The number of aromatic carboxylic acids is 1. The SMILES string of the molecule is O=C(O)c1cc(Cl)c(NC(=O)C2CC=CCC2)c(Cl)c1. The minimum atomic E-state index is -1.12. The molecule has 1 aromatic rings. The molecule has 2 rings (SSSR count). The lowest BCUT2D eigenvalue weighted by atomic mass is 9.93. The number of nitrogens with one attached hydrogen (secondary N) is 1. The number of hydrogen-bond acceptors (Lipinski definition) is 2. The van der Waals surface area contributed by atoms with Crippen molar-refractivity contribution in [3.05, 3.63) is 39.9 Å². The Balaban J connectivity index is 2.19. The van der Waals surface area contributed by atoms with Crippen LogP contribution in [-0.2, 0) is 4.79 Å². The van der Waals surface area contributed by atoms with E-state index in [1.54, 1.807) is 0 Å². The van der Waals surface area contributed by atoms with Crippen molar-refractivity contribution in [1.29, 1.82) is 0 Å². The Bertz CT molecular complexity index is 561. The zero-order valence-corrected chi connectivity index (χ0v) is 12.0. The van der Waals surface area contributed by atoms with E-state index in [-0.39, 0.29) is 33.1 Å². The topological polar surface area (TPSA) is 66.4 Å². The van der Waals surface area contributed by atoms with Gasteiger partial charge in [0.05, 0.1) is 21.3 Å². The number of hydrogen-bond donors (Lipinski definition) is 2. The number of carbonyl (C=O) groups excluding carboxylic acids is 1. The number of halogens is 2. The van der Waals surface area contributed by atoms with Gasteiger partial charge in [-0.15, -0.1) is 0 Å². The van der Waals surface area contributed by atoms with Crippen molar-refractivity contribution >= 4 is 40.8 Å². The summed E-state index contributed by atoms with van der Waals surface area (Å²) in [6.45, 7) is 0. The van der Waals surface area contributed by atoms with Gasteiger partial charge < -0.3 is 10.4 Å². The second kappa shape index (κ2) is 6.29. The number of allylic oxidation sites excluding steroid dienone is 2. The van der Waals surface area contributed by atoms with Gasteiger partial charge in [-0.25, -0.2) is 4.79 Å². The fourth-order valence-corrected chi connectivity index (χ4v) is 2.65. The highest BCUT2D eigenvalue weighted by Gasteiger charge is 2.21. The molecule has 2 N–H and O–H groups in total. The highest BCUT2D eigenvalue weighted by molar-refractivity contribution is 6.40. The van der Waals surface area contributed by atoms with Gasteiger partial charge in [-0.2, -0.15) is 0 Å². The van der Waals surface area contributed by atoms with Gasteiger partial charge in [0.1, 0.15) is 0 Å². The third kappa shape index (κ3) is 3.32. The number of benzene rings is 1.